The molecule has 1 aliphatic heterocycles. The molecule has 0 aliphatic carbocycles. The third kappa shape index (κ3) is 4.22. The molecule has 1 aromatic carbocycles. The minimum Gasteiger partial charge on any atom is -0.490 e. The number of rotatable bonds is 6. The van der Waals surface area contributed by atoms with Gasteiger partial charge in [-0.05, 0) is 38.4 Å². The second-order valence-electron chi connectivity index (χ2n) is 5.65. The van der Waals surface area contributed by atoms with E-state index in [4.69, 9.17) is 9.47 Å². The van der Waals surface area contributed by atoms with E-state index >= 15 is 0 Å². The molecule has 0 bridgehead atoms. The first-order chi connectivity index (χ1) is 9.70. The summed E-state index contributed by atoms with van der Waals surface area (Å²) in [5.41, 5.74) is 2.51. The van der Waals surface area contributed by atoms with Crippen molar-refractivity contribution in [3.8, 4) is 5.75 Å². The second kappa shape index (κ2) is 7.65. The summed E-state index contributed by atoms with van der Waals surface area (Å²) in [5, 5.41) is 3.54. The largest absolute Gasteiger partial charge is 0.490 e. The van der Waals surface area contributed by atoms with Crippen LogP contribution in [-0.4, -0.2) is 25.9 Å². The highest BCUT2D eigenvalue weighted by Crippen LogP contribution is 2.29. The maximum atomic E-state index is 6.25. The van der Waals surface area contributed by atoms with E-state index in [-0.39, 0.29) is 0 Å². The van der Waals surface area contributed by atoms with E-state index in [1.165, 1.54) is 11.1 Å². The molecule has 20 heavy (non-hydrogen) atoms. The summed E-state index contributed by atoms with van der Waals surface area (Å²) in [6, 6.07) is 6.84. The van der Waals surface area contributed by atoms with E-state index in [9.17, 15) is 0 Å². The van der Waals surface area contributed by atoms with Crippen LogP contribution in [0.4, 0.5) is 0 Å². The highest BCUT2D eigenvalue weighted by Gasteiger charge is 2.18. The van der Waals surface area contributed by atoms with Gasteiger partial charge in [0.1, 0.15) is 11.9 Å². The lowest BCUT2D eigenvalue weighted by Gasteiger charge is -2.26. The number of nitrogens with one attached hydrogen (secondary N) is 1. The van der Waals surface area contributed by atoms with Crippen LogP contribution in [0.15, 0.2) is 18.2 Å². The molecule has 0 amide bonds. The van der Waals surface area contributed by atoms with Crippen molar-refractivity contribution in [1.29, 1.82) is 0 Å². The average Bonchev–Trinajstić information content (AvgIpc) is 2.46. The summed E-state index contributed by atoms with van der Waals surface area (Å²) in [7, 11) is 0. The quantitative estimate of drug-likeness (QED) is 0.861. The molecular weight excluding hydrogens is 250 g/mol. The monoisotopic (exact) mass is 277 g/mol. The topological polar surface area (TPSA) is 30.5 Å². The number of hydrogen-bond donors (Lipinski definition) is 1. The van der Waals surface area contributed by atoms with E-state index in [0.717, 1.165) is 44.8 Å². The molecule has 1 fully saturated rings. The summed E-state index contributed by atoms with van der Waals surface area (Å²) in [5.74, 6) is 1.04. The molecule has 1 heterocycles. The SMILES string of the molecule is CCCNC(C)c1ccc(C)cc1OC1CCOCC1. The van der Waals surface area contributed by atoms with Crippen molar-refractivity contribution in [2.24, 2.45) is 0 Å². The van der Waals surface area contributed by atoms with Crippen LogP contribution in [0, 0.1) is 6.92 Å². The number of aryl methyl sites for hydroxylation is 1. The summed E-state index contributed by atoms with van der Waals surface area (Å²) in [6.07, 6.45) is 3.42. The Hall–Kier alpha value is -1.06. The van der Waals surface area contributed by atoms with Crippen LogP contribution in [-0.2, 0) is 4.74 Å². The van der Waals surface area contributed by atoms with E-state index in [0.29, 0.717) is 12.1 Å². The first-order valence-corrected chi connectivity index (χ1v) is 7.79. The van der Waals surface area contributed by atoms with Crippen molar-refractivity contribution in [2.45, 2.75) is 52.2 Å². The Morgan fingerprint density at radius 1 is 1.35 bits per heavy atom. The van der Waals surface area contributed by atoms with Crippen molar-refractivity contribution >= 4 is 0 Å². The van der Waals surface area contributed by atoms with Gasteiger partial charge in [0.15, 0.2) is 0 Å². The van der Waals surface area contributed by atoms with Crippen molar-refractivity contribution in [2.75, 3.05) is 19.8 Å². The highest BCUT2D eigenvalue weighted by molar-refractivity contribution is 5.39. The lowest BCUT2D eigenvalue weighted by Crippen LogP contribution is -2.27. The van der Waals surface area contributed by atoms with Crippen molar-refractivity contribution in [3.05, 3.63) is 29.3 Å². The summed E-state index contributed by atoms with van der Waals surface area (Å²) in [6.45, 7) is 9.17. The van der Waals surface area contributed by atoms with Gasteiger partial charge in [-0.3, -0.25) is 0 Å². The van der Waals surface area contributed by atoms with Gasteiger partial charge in [-0.1, -0.05) is 19.1 Å². The van der Waals surface area contributed by atoms with Crippen LogP contribution < -0.4 is 10.1 Å². The number of benzene rings is 1. The molecular formula is C17H27NO2. The minimum absolute atomic E-state index is 0.294. The van der Waals surface area contributed by atoms with E-state index in [2.05, 4.69) is 44.3 Å². The normalized spacial score (nSPS) is 17.9. The second-order valence-corrected chi connectivity index (χ2v) is 5.65. The van der Waals surface area contributed by atoms with Crippen LogP contribution in [0.2, 0.25) is 0 Å². The number of ether oxygens (including phenoxy) is 2. The molecule has 0 radical (unpaired) electrons. The molecule has 0 aromatic heterocycles. The zero-order chi connectivity index (χ0) is 14.4. The smallest absolute Gasteiger partial charge is 0.124 e. The standard InChI is InChI=1S/C17H27NO2/c1-4-9-18-14(3)16-6-5-13(2)12-17(16)20-15-7-10-19-11-8-15/h5-6,12,14-15,18H,4,7-11H2,1-3H3. The molecule has 0 spiro atoms. The zero-order valence-electron chi connectivity index (χ0n) is 12.9. The predicted molar refractivity (Wildman–Crippen MR) is 82.4 cm³/mol. The van der Waals surface area contributed by atoms with E-state index in [1.54, 1.807) is 0 Å². The molecule has 1 aliphatic rings. The molecule has 1 unspecified atom stereocenters. The zero-order valence-corrected chi connectivity index (χ0v) is 12.9. The Kier molecular flexibility index (Phi) is 5.86. The van der Waals surface area contributed by atoms with Gasteiger partial charge in [-0.15, -0.1) is 0 Å². The molecule has 2 rings (SSSR count). The van der Waals surface area contributed by atoms with Gasteiger partial charge in [-0.2, -0.15) is 0 Å². The first-order valence-electron chi connectivity index (χ1n) is 7.79. The van der Waals surface area contributed by atoms with Gasteiger partial charge in [0.2, 0.25) is 0 Å². The summed E-state index contributed by atoms with van der Waals surface area (Å²) >= 11 is 0. The van der Waals surface area contributed by atoms with Crippen LogP contribution in [0.25, 0.3) is 0 Å². The summed E-state index contributed by atoms with van der Waals surface area (Å²) < 4.78 is 11.6. The van der Waals surface area contributed by atoms with Crippen LogP contribution >= 0.6 is 0 Å². The molecule has 3 nitrogen and oxygen atoms in total. The molecule has 1 saturated heterocycles. The predicted octanol–water partition coefficient (Wildman–Crippen LogP) is 3.61. The maximum absolute atomic E-state index is 6.25. The van der Waals surface area contributed by atoms with Crippen LogP contribution in [0.1, 0.15) is 50.3 Å². The molecule has 0 saturated carbocycles. The first kappa shape index (κ1) is 15.3. The van der Waals surface area contributed by atoms with E-state index < -0.39 is 0 Å². The van der Waals surface area contributed by atoms with Gasteiger partial charge in [0.05, 0.1) is 13.2 Å². The molecule has 1 atom stereocenters. The molecule has 3 heteroatoms. The van der Waals surface area contributed by atoms with Gasteiger partial charge in [0.25, 0.3) is 0 Å². The van der Waals surface area contributed by atoms with Crippen molar-refractivity contribution < 1.29 is 9.47 Å². The third-order valence-corrected chi connectivity index (χ3v) is 3.80. The van der Waals surface area contributed by atoms with Crippen molar-refractivity contribution in [3.63, 3.8) is 0 Å². The lowest BCUT2D eigenvalue weighted by atomic mass is 10.0. The molecule has 1 aromatic rings. The highest BCUT2D eigenvalue weighted by atomic mass is 16.5. The Balaban J connectivity index is 2.10. The third-order valence-electron chi connectivity index (χ3n) is 3.80. The van der Waals surface area contributed by atoms with Gasteiger partial charge >= 0.3 is 0 Å². The lowest BCUT2D eigenvalue weighted by molar-refractivity contribution is 0.0250. The number of hydrogen-bond acceptors (Lipinski definition) is 3. The molecule has 1 N–H and O–H groups in total. The fourth-order valence-electron chi connectivity index (χ4n) is 2.55. The fourth-order valence-corrected chi connectivity index (χ4v) is 2.55. The van der Waals surface area contributed by atoms with Crippen LogP contribution in [0.5, 0.6) is 5.75 Å². The molecule has 112 valence electrons. The fraction of sp³-hybridized carbons (Fsp3) is 0.647. The summed E-state index contributed by atoms with van der Waals surface area (Å²) in [4.78, 5) is 0. The Morgan fingerprint density at radius 3 is 2.80 bits per heavy atom. The van der Waals surface area contributed by atoms with Gasteiger partial charge < -0.3 is 14.8 Å². The Morgan fingerprint density at radius 2 is 2.10 bits per heavy atom. The van der Waals surface area contributed by atoms with Crippen LogP contribution in [0.3, 0.4) is 0 Å². The van der Waals surface area contributed by atoms with E-state index in [1.807, 2.05) is 0 Å². The van der Waals surface area contributed by atoms with Gasteiger partial charge in [0, 0.05) is 24.4 Å². The minimum atomic E-state index is 0.294. The van der Waals surface area contributed by atoms with Gasteiger partial charge in [-0.25, -0.2) is 0 Å². The Labute approximate surface area is 122 Å². The average molecular weight is 277 g/mol. The maximum Gasteiger partial charge on any atom is 0.124 e. The van der Waals surface area contributed by atoms with Crippen molar-refractivity contribution in [1.82, 2.24) is 5.32 Å². The Bertz CT molecular complexity index is 413.